The van der Waals surface area contributed by atoms with Crippen LogP contribution in [-0.2, 0) is 4.79 Å². The molecule has 0 heterocycles. The highest BCUT2D eigenvalue weighted by molar-refractivity contribution is 6.30. The largest absolute Gasteiger partial charge is 0.368 e. The molecule has 0 radical (unpaired) electrons. The second-order valence-electron chi connectivity index (χ2n) is 3.56. The molecular formula is C11H15ClN2O. The summed E-state index contributed by atoms with van der Waals surface area (Å²) < 4.78 is 0. The number of halogens is 1. The molecule has 0 aliphatic carbocycles. The van der Waals surface area contributed by atoms with Crippen LogP contribution in [0.15, 0.2) is 24.3 Å². The average molecular weight is 227 g/mol. The van der Waals surface area contributed by atoms with Crippen molar-refractivity contribution in [3.63, 3.8) is 0 Å². The molecule has 0 aromatic heterocycles. The average Bonchev–Trinajstić information content (AvgIpc) is 2.18. The molecule has 82 valence electrons. The predicted molar refractivity (Wildman–Crippen MR) is 61.7 cm³/mol. The summed E-state index contributed by atoms with van der Waals surface area (Å²) in [5.41, 5.74) is 6.24. The lowest BCUT2D eigenvalue weighted by Crippen LogP contribution is -2.39. The second kappa shape index (κ2) is 5.14. The first kappa shape index (κ1) is 12.0. The Balaban J connectivity index is 2.64. The molecule has 0 aliphatic rings. The summed E-state index contributed by atoms with van der Waals surface area (Å²) >= 11 is 5.78. The quantitative estimate of drug-likeness (QED) is 0.824. The Labute approximate surface area is 94.6 Å². The fraction of sp³-hybridized carbons (Fsp3) is 0.364. The van der Waals surface area contributed by atoms with Crippen LogP contribution in [0.2, 0.25) is 5.02 Å². The van der Waals surface area contributed by atoms with Gasteiger partial charge < -0.3 is 5.73 Å². The number of rotatable bonds is 4. The van der Waals surface area contributed by atoms with E-state index in [1.54, 1.807) is 6.92 Å². The van der Waals surface area contributed by atoms with E-state index in [4.69, 9.17) is 17.3 Å². The minimum Gasteiger partial charge on any atom is -0.368 e. The minimum atomic E-state index is -0.351. The fourth-order valence-electron chi connectivity index (χ4n) is 1.30. The van der Waals surface area contributed by atoms with Gasteiger partial charge in [-0.15, -0.1) is 0 Å². The van der Waals surface area contributed by atoms with E-state index in [0.717, 1.165) is 5.56 Å². The van der Waals surface area contributed by atoms with Crippen molar-refractivity contribution in [2.75, 3.05) is 0 Å². The van der Waals surface area contributed by atoms with Gasteiger partial charge in [-0.05, 0) is 31.5 Å². The molecule has 15 heavy (non-hydrogen) atoms. The minimum absolute atomic E-state index is 0.0739. The molecule has 0 saturated carbocycles. The van der Waals surface area contributed by atoms with Gasteiger partial charge in [0.1, 0.15) is 0 Å². The van der Waals surface area contributed by atoms with E-state index in [1.165, 1.54) is 0 Å². The van der Waals surface area contributed by atoms with Crippen LogP contribution in [-0.4, -0.2) is 11.9 Å². The van der Waals surface area contributed by atoms with Gasteiger partial charge in [0.15, 0.2) is 0 Å². The van der Waals surface area contributed by atoms with E-state index in [0.29, 0.717) is 5.02 Å². The molecule has 0 saturated heterocycles. The number of benzene rings is 1. The van der Waals surface area contributed by atoms with Crippen molar-refractivity contribution in [2.45, 2.75) is 25.9 Å². The van der Waals surface area contributed by atoms with E-state index in [9.17, 15) is 4.79 Å². The summed E-state index contributed by atoms with van der Waals surface area (Å²) in [6.45, 7) is 3.72. The zero-order valence-corrected chi connectivity index (χ0v) is 9.58. The highest BCUT2D eigenvalue weighted by Crippen LogP contribution is 2.16. The molecule has 1 aromatic carbocycles. The zero-order chi connectivity index (χ0) is 11.4. The van der Waals surface area contributed by atoms with Gasteiger partial charge in [0.2, 0.25) is 5.91 Å². The standard InChI is InChI=1S/C11H15ClN2O/c1-7(14-8(2)11(13)15)9-3-5-10(12)6-4-9/h3-8,14H,1-2H3,(H2,13,15)/t7-,8-/m0/s1. The second-order valence-corrected chi connectivity index (χ2v) is 4.00. The van der Waals surface area contributed by atoms with Gasteiger partial charge in [-0.25, -0.2) is 0 Å². The van der Waals surface area contributed by atoms with Crippen molar-refractivity contribution >= 4 is 17.5 Å². The number of carbonyl (C=O) groups is 1. The Morgan fingerprint density at radius 1 is 1.33 bits per heavy atom. The molecule has 0 bridgehead atoms. The number of nitrogens with two attached hydrogens (primary N) is 1. The normalized spacial score (nSPS) is 14.6. The van der Waals surface area contributed by atoms with Crippen LogP contribution in [0.4, 0.5) is 0 Å². The highest BCUT2D eigenvalue weighted by atomic mass is 35.5. The maximum Gasteiger partial charge on any atom is 0.234 e. The Morgan fingerprint density at radius 3 is 2.33 bits per heavy atom. The van der Waals surface area contributed by atoms with E-state index >= 15 is 0 Å². The first-order valence-electron chi connectivity index (χ1n) is 4.81. The zero-order valence-electron chi connectivity index (χ0n) is 8.83. The maximum absolute atomic E-state index is 10.9. The Kier molecular flexibility index (Phi) is 4.12. The van der Waals surface area contributed by atoms with Gasteiger partial charge in [0.25, 0.3) is 0 Å². The van der Waals surface area contributed by atoms with Crippen LogP contribution < -0.4 is 11.1 Å². The summed E-state index contributed by atoms with van der Waals surface area (Å²) in [7, 11) is 0. The van der Waals surface area contributed by atoms with Gasteiger partial charge in [-0.1, -0.05) is 23.7 Å². The monoisotopic (exact) mass is 226 g/mol. The summed E-state index contributed by atoms with van der Waals surface area (Å²) in [6, 6.07) is 7.23. The molecule has 0 aliphatic heterocycles. The smallest absolute Gasteiger partial charge is 0.234 e. The molecule has 1 aromatic rings. The van der Waals surface area contributed by atoms with Crippen LogP contribution in [0.25, 0.3) is 0 Å². The third-order valence-corrected chi connectivity index (χ3v) is 2.55. The number of hydrogen-bond donors (Lipinski definition) is 2. The number of carbonyl (C=O) groups excluding carboxylic acids is 1. The van der Waals surface area contributed by atoms with E-state index in [1.807, 2.05) is 31.2 Å². The van der Waals surface area contributed by atoms with E-state index in [-0.39, 0.29) is 18.0 Å². The molecular weight excluding hydrogens is 212 g/mol. The van der Waals surface area contributed by atoms with Gasteiger partial charge >= 0.3 is 0 Å². The molecule has 3 N–H and O–H groups in total. The number of amides is 1. The molecule has 3 nitrogen and oxygen atoms in total. The highest BCUT2D eigenvalue weighted by Gasteiger charge is 2.12. The van der Waals surface area contributed by atoms with Gasteiger partial charge in [-0.2, -0.15) is 0 Å². The maximum atomic E-state index is 10.9. The van der Waals surface area contributed by atoms with Crippen LogP contribution >= 0.6 is 11.6 Å². The lowest BCUT2D eigenvalue weighted by molar-refractivity contribution is -0.119. The van der Waals surface area contributed by atoms with E-state index < -0.39 is 0 Å². The van der Waals surface area contributed by atoms with Crippen molar-refractivity contribution < 1.29 is 4.79 Å². The summed E-state index contributed by atoms with van der Waals surface area (Å²) in [5.74, 6) is -0.351. The predicted octanol–water partition coefficient (Wildman–Crippen LogP) is 1.86. The molecule has 2 atom stereocenters. The lowest BCUT2D eigenvalue weighted by atomic mass is 10.1. The van der Waals surface area contributed by atoms with Crippen molar-refractivity contribution in [3.05, 3.63) is 34.9 Å². The molecule has 0 spiro atoms. The van der Waals surface area contributed by atoms with Crippen molar-refractivity contribution in [2.24, 2.45) is 5.73 Å². The van der Waals surface area contributed by atoms with Gasteiger partial charge in [0.05, 0.1) is 6.04 Å². The lowest BCUT2D eigenvalue weighted by Gasteiger charge is -2.17. The fourth-order valence-corrected chi connectivity index (χ4v) is 1.43. The van der Waals surface area contributed by atoms with E-state index in [2.05, 4.69) is 5.32 Å². The SMILES string of the molecule is C[C@H](N[C@@H](C)c1ccc(Cl)cc1)C(N)=O. The first-order chi connectivity index (χ1) is 7.00. The number of primary amides is 1. The Hall–Kier alpha value is -1.06. The number of nitrogens with one attached hydrogen (secondary N) is 1. The van der Waals surface area contributed by atoms with Crippen molar-refractivity contribution in [3.8, 4) is 0 Å². The summed E-state index contributed by atoms with van der Waals surface area (Å²) in [5, 5.41) is 3.80. The van der Waals surface area contributed by atoms with Crippen molar-refractivity contribution in [1.82, 2.24) is 5.32 Å². The van der Waals surface area contributed by atoms with Gasteiger partial charge in [0, 0.05) is 11.1 Å². The topological polar surface area (TPSA) is 55.1 Å². The van der Waals surface area contributed by atoms with Crippen LogP contribution in [0.5, 0.6) is 0 Å². The Bertz CT molecular complexity index is 337. The molecule has 1 rings (SSSR count). The molecule has 0 unspecified atom stereocenters. The summed E-state index contributed by atoms with van der Waals surface area (Å²) in [4.78, 5) is 10.9. The van der Waals surface area contributed by atoms with Gasteiger partial charge in [-0.3, -0.25) is 10.1 Å². The third-order valence-electron chi connectivity index (χ3n) is 2.30. The summed E-state index contributed by atoms with van der Waals surface area (Å²) in [6.07, 6.45) is 0. The third kappa shape index (κ3) is 3.53. The number of hydrogen-bond acceptors (Lipinski definition) is 2. The Morgan fingerprint density at radius 2 is 1.87 bits per heavy atom. The van der Waals surface area contributed by atoms with Crippen LogP contribution in [0.3, 0.4) is 0 Å². The molecule has 1 amide bonds. The first-order valence-corrected chi connectivity index (χ1v) is 5.19. The molecule has 0 fully saturated rings. The molecule has 4 heteroatoms. The van der Waals surface area contributed by atoms with Crippen molar-refractivity contribution in [1.29, 1.82) is 0 Å². The van der Waals surface area contributed by atoms with Crippen LogP contribution in [0.1, 0.15) is 25.5 Å². The van der Waals surface area contributed by atoms with Crippen LogP contribution in [0, 0.1) is 0 Å².